The van der Waals surface area contributed by atoms with Crippen LogP contribution in [0.5, 0.6) is 0 Å². The largest absolute Gasteiger partial charge is 0.478 e. The third kappa shape index (κ3) is 2.26. The van der Waals surface area contributed by atoms with E-state index in [9.17, 15) is 9.59 Å². The molecule has 22 heavy (non-hydrogen) atoms. The quantitative estimate of drug-likeness (QED) is 0.806. The van der Waals surface area contributed by atoms with E-state index < -0.39 is 5.97 Å². The van der Waals surface area contributed by atoms with Crippen LogP contribution in [0.2, 0.25) is 0 Å². The molecule has 0 bridgehead atoms. The van der Waals surface area contributed by atoms with Crippen LogP contribution >= 0.6 is 0 Å². The summed E-state index contributed by atoms with van der Waals surface area (Å²) in [7, 11) is 0. The molecule has 0 radical (unpaired) electrons. The Morgan fingerprint density at radius 1 is 1.09 bits per heavy atom. The molecule has 0 saturated heterocycles. The Hall–Kier alpha value is -2.95. The van der Waals surface area contributed by atoms with Gasteiger partial charge in [-0.3, -0.25) is 4.79 Å². The van der Waals surface area contributed by atoms with Crippen molar-refractivity contribution in [3.05, 3.63) is 70.1 Å². The smallest absolute Gasteiger partial charge is 0.335 e. The number of carboxylic acids is 1. The van der Waals surface area contributed by atoms with Gasteiger partial charge in [-0.2, -0.15) is 9.78 Å². The number of hydrogen-bond donors (Lipinski definition) is 1. The van der Waals surface area contributed by atoms with E-state index in [1.54, 1.807) is 18.2 Å². The molecule has 1 N–H and O–H groups in total. The van der Waals surface area contributed by atoms with Crippen LogP contribution in [-0.4, -0.2) is 20.9 Å². The van der Waals surface area contributed by atoms with Crippen LogP contribution in [0.25, 0.3) is 16.5 Å². The molecular formula is C17H14N2O3. The summed E-state index contributed by atoms with van der Waals surface area (Å²) in [6.07, 6.45) is 0.702. The minimum Gasteiger partial charge on any atom is -0.478 e. The summed E-state index contributed by atoms with van der Waals surface area (Å²) in [4.78, 5) is 23.5. The third-order valence-electron chi connectivity index (χ3n) is 3.58. The summed E-state index contributed by atoms with van der Waals surface area (Å²) in [5.74, 6) is -1.00. The lowest BCUT2D eigenvalue weighted by Crippen LogP contribution is -2.23. The Labute approximate surface area is 126 Å². The summed E-state index contributed by atoms with van der Waals surface area (Å²) in [6, 6.07) is 13.5. The summed E-state index contributed by atoms with van der Waals surface area (Å²) in [5.41, 5.74) is 1.34. The second-order valence-corrected chi connectivity index (χ2v) is 4.91. The molecule has 2 aromatic carbocycles. The number of carbonyl (C=O) groups is 1. The molecule has 1 heterocycles. The zero-order chi connectivity index (χ0) is 15.7. The molecule has 0 unspecified atom stereocenters. The van der Waals surface area contributed by atoms with Crippen molar-refractivity contribution in [2.45, 2.75) is 13.3 Å². The lowest BCUT2D eigenvalue weighted by Gasteiger charge is -2.10. The molecule has 0 amide bonds. The first kappa shape index (κ1) is 14.0. The fourth-order valence-corrected chi connectivity index (χ4v) is 2.44. The maximum Gasteiger partial charge on any atom is 0.335 e. The number of hydrogen-bond acceptors (Lipinski definition) is 3. The number of aromatic nitrogens is 2. The Kier molecular flexibility index (Phi) is 3.47. The average molecular weight is 294 g/mol. The fraction of sp³-hybridized carbons (Fsp3) is 0.118. The van der Waals surface area contributed by atoms with Crippen LogP contribution in [0.1, 0.15) is 23.0 Å². The number of fused-ring (bicyclic) bond motifs is 1. The molecule has 0 aliphatic rings. The van der Waals surface area contributed by atoms with Crippen molar-refractivity contribution in [3.63, 3.8) is 0 Å². The lowest BCUT2D eigenvalue weighted by molar-refractivity contribution is 0.0697. The van der Waals surface area contributed by atoms with Crippen molar-refractivity contribution in [1.29, 1.82) is 0 Å². The molecule has 0 aliphatic carbocycles. The number of benzene rings is 2. The van der Waals surface area contributed by atoms with Gasteiger partial charge >= 0.3 is 5.97 Å². The number of carboxylic acid groups (broad SMARTS) is 1. The highest BCUT2D eigenvalue weighted by atomic mass is 16.4. The Balaban J connectivity index is 2.24. The van der Waals surface area contributed by atoms with E-state index in [-0.39, 0.29) is 11.1 Å². The molecule has 1 aromatic heterocycles. The highest BCUT2D eigenvalue weighted by molar-refractivity contribution is 5.88. The van der Waals surface area contributed by atoms with Gasteiger partial charge in [0.1, 0.15) is 0 Å². The predicted octanol–water partition coefficient (Wildman–Crippen LogP) is 2.65. The Morgan fingerprint density at radius 2 is 1.73 bits per heavy atom. The van der Waals surface area contributed by atoms with E-state index in [4.69, 9.17) is 5.11 Å². The van der Waals surface area contributed by atoms with Gasteiger partial charge in [-0.05, 0) is 36.8 Å². The fourth-order valence-electron chi connectivity index (χ4n) is 2.44. The van der Waals surface area contributed by atoms with E-state index in [1.165, 1.54) is 16.8 Å². The van der Waals surface area contributed by atoms with E-state index >= 15 is 0 Å². The van der Waals surface area contributed by atoms with Crippen molar-refractivity contribution in [3.8, 4) is 5.69 Å². The van der Waals surface area contributed by atoms with Crippen LogP contribution in [0.3, 0.4) is 0 Å². The van der Waals surface area contributed by atoms with Gasteiger partial charge in [0.25, 0.3) is 5.56 Å². The van der Waals surface area contributed by atoms with Crippen molar-refractivity contribution < 1.29 is 9.90 Å². The Bertz CT molecular complexity index is 911. The number of nitrogens with zero attached hydrogens (tertiary/aromatic N) is 2. The molecule has 3 rings (SSSR count). The molecule has 0 saturated carbocycles. The van der Waals surface area contributed by atoms with Gasteiger partial charge in [-0.15, -0.1) is 0 Å². The molecule has 0 aliphatic heterocycles. The molecule has 5 nitrogen and oxygen atoms in total. The number of rotatable bonds is 3. The van der Waals surface area contributed by atoms with E-state index in [0.717, 1.165) is 11.1 Å². The van der Waals surface area contributed by atoms with Gasteiger partial charge in [0, 0.05) is 5.39 Å². The van der Waals surface area contributed by atoms with Gasteiger partial charge in [0.15, 0.2) is 0 Å². The van der Waals surface area contributed by atoms with Crippen molar-refractivity contribution >= 4 is 16.7 Å². The number of aryl methyl sites for hydroxylation is 1. The van der Waals surface area contributed by atoms with Crippen LogP contribution in [0, 0.1) is 0 Å². The summed E-state index contributed by atoms with van der Waals surface area (Å²) in [6.45, 7) is 1.98. The summed E-state index contributed by atoms with van der Waals surface area (Å²) in [5, 5.41) is 14.8. The lowest BCUT2D eigenvalue weighted by atomic mass is 10.1. The highest BCUT2D eigenvalue weighted by Crippen LogP contribution is 2.15. The van der Waals surface area contributed by atoms with Crippen molar-refractivity contribution in [2.24, 2.45) is 0 Å². The minimum absolute atomic E-state index is 0.174. The third-order valence-corrected chi connectivity index (χ3v) is 3.58. The Morgan fingerprint density at radius 3 is 2.32 bits per heavy atom. The van der Waals surface area contributed by atoms with Crippen LogP contribution in [0.4, 0.5) is 0 Å². The molecule has 110 valence electrons. The maximum absolute atomic E-state index is 12.6. The molecule has 5 heteroatoms. The van der Waals surface area contributed by atoms with Gasteiger partial charge in [-0.1, -0.05) is 25.1 Å². The average Bonchev–Trinajstić information content (AvgIpc) is 2.55. The zero-order valence-electron chi connectivity index (χ0n) is 12.0. The summed E-state index contributed by atoms with van der Waals surface area (Å²) >= 11 is 0. The molecule has 0 atom stereocenters. The monoisotopic (exact) mass is 294 g/mol. The molecule has 3 aromatic rings. The van der Waals surface area contributed by atoms with Crippen LogP contribution < -0.4 is 5.56 Å². The molecular weight excluding hydrogens is 280 g/mol. The topological polar surface area (TPSA) is 72.2 Å². The van der Waals surface area contributed by atoms with Crippen molar-refractivity contribution in [2.75, 3.05) is 0 Å². The second-order valence-electron chi connectivity index (χ2n) is 4.91. The maximum atomic E-state index is 12.6. The standard InChI is InChI=1S/C17H14N2O3/c1-2-15-13-5-3-4-6-14(13)16(20)19(18-15)12-9-7-11(8-10-12)17(21)22/h3-10H,2H2,1H3,(H,21,22). The van der Waals surface area contributed by atoms with Crippen LogP contribution in [-0.2, 0) is 6.42 Å². The van der Waals surface area contributed by atoms with E-state index in [1.807, 2.05) is 25.1 Å². The van der Waals surface area contributed by atoms with Gasteiger partial charge in [-0.25, -0.2) is 4.79 Å². The highest BCUT2D eigenvalue weighted by Gasteiger charge is 2.11. The first-order valence-electron chi connectivity index (χ1n) is 6.96. The predicted molar refractivity (Wildman–Crippen MR) is 83.7 cm³/mol. The van der Waals surface area contributed by atoms with Gasteiger partial charge in [0.05, 0.1) is 22.3 Å². The normalized spacial score (nSPS) is 10.8. The van der Waals surface area contributed by atoms with Crippen molar-refractivity contribution in [1.82, 2.24) is 9.78 Å². The van der Waals surface area contributed by atoms with Gasteiger partial charge in [0.2, 0.25) is 0 Å². The SMILES string of the molecule is CCc1nn(-c2ccc(C(=O)O)cc2)c(=O)c2ccccc12. The molecule has 0 fully saturated rings. The number of aromatic carboxylic acids is 1. The molecule has 0 spiro atoms. The van der Waals surface area contributed by atoms with Gasteiger partial charge < -0.3 is 5.11 Å². The van der Waals surface area contributed by atoms with E-state index in [2.05, 4.69) is 5.10 Å². The first-order chi connectivity index (χ1) is 10.6. The second kappa shape index (κ2) is 5.44. The van der Waals surface area contributed by atoms with Crippen LogP contribution in [0.15, 0.2) is 53.3 Å². The first-order valence-corrected chi connectivity index (χ1v) is 6.96. The summed E-state index contributed by atoms with van der Waals surface area (Å²) < 4.78 is 1.33. The minimum atomic E-state index is -1.00. The van der Waals surface area contributed by atoms with E-state index in [0.29, 0.717) is 17.5 Å². The zero-order valence-corrected chi connectivity index (χ0v) is 12.0.